The molecule has 0 N–H and O–H groups in total. The first kappa shape index (κ1) is 13.2. The Morgan fingerprint density at radius 3 is 2.50 bits per heavy atom. The average molecular weight is 259 g/mol. The minimum atomic E-state index is 0.578. The largest absolute Gasteiger partial charge is 0.497 e. The van der Waals surface area contributed by atoms with E-state index in [1.807, 2.05) is 26.0 Å². The van der Waals surface area contributed by atoms with Gasteiger partial charge in [0.15, 0.2) is 6.29 Å². The second kappa shape index (κ2) is 7.56. The SMILES string of the molecule is C\C=C(Br)/C(C=O)=C\C(=C\CC)OC. The van der Waals surface area contributed by atoms with Crippen LogP contribution in [-0.2, 0) is 9.53 Å². The highest BCUT2D eigenvalue weighted by Crippen LogP contribution is 2.17. The van der Waals surface area contributed by atoms with E-state index in [1.165, 1.54) is 0 Å². The second-order valence-corrected chi connectivity index (χ2v) is 3.43. The van der Waals surface area contributed by atoms with Gasteiger partial charge in [-0.05, 0) is 25.5 Å². The number of aldehydes is 1. The van der Waals surface area contributed by atoms with Gasteiger partial charge < -0.3 is 4.74 Å². The molecular weight excluding hydrogens is 244 g/mol. The van der Waals surface area contributed by atoms with Crippen molar-refractivity contribution in [2.75, 3.05) is 7.11 Å². The molecule has 0 aromatic rings. The summed E-state index contributed by atoms with van der Waals surface area (Å²) in [4.78, 5) is 10.7. The molecule has 0 radical (unpaired) electrons. The molecule has 0 saturated carbocycles. The van der Waals surface area contributed by atoms with Crippen LogP contribution >= 0.6 is 15.9 Å². The molecule has 0 aliphatic heterocycles. The number of hydrogen-bond acceptors (Lipinski definition) is 2. The van der Waals surface area contributed by atoms with E-state index in [4.69, 9.17) is 4.74 Å². The molecule has 2 nitrogen and oxygen atoms in total. The average Bonchev–Trinajstić information content (AvgIpc) is 2.23. The van der Waals surface area contributed by atoms with E-state index in [9.17, 15) is 4.79 Å². The minimum Gasteiger partial charge on any atom is -0.497 e. The smallest absolute Gasteiger partial charge is 0.151 e. The molecule has 0 saturated heterocycles. The van der Waals surface area contributed by atoms with Crippen LogP contribution in [0.4, 0.5) is 0 Å². The van der Waals surface area contributed by atoms with Crippen LogP contribution < -0.4 is 0 Å². The zero-order valence-corrected chi connectivity index (χ0v) is 10.3. The number of halogens is 1. The van der Waals surface area contributed by atoms with Crippen LogP contribution in [0.3, 0.4) is 0 Å². The highest BCUT2D eigenvalue weighted by Gasteiger charge is 2.00. The van der Waals surface area contributed by atoms with E-state index in [-0.39, 0.29) is 0 Å². The van der Waals surface area contributed by atoms with Crippen molar-refractivity contribution >= 4 is 22.2 Å². The fraction of sp³-hybridized carbons (Fsp3) is 0.364. The maximum atomic E-state index is 10.7. The van der Waals surface area contributed by atoms with Gasteiger partial charge in [-0.3, -0.25) is 4.79 Å². The minimum absolute atomic E-state index is 0.578. The number of allylic oxidation sites excluding steroid dienone is 5. The van der Waals surface area contributed by atoms with Crippen LogP contribution in [-0.4, -0.2) is 13.4 Å². The van der Waals surface area contributed by atoms with Gasteiger partial charge in [-0.1, -0.05) is 28.9 Å². The predicted octanol–water partition coefficient (Wildman–Crippen LogP) is 3.35. The summed E-state index contributed by atoms with van der Waals surface area (Å²) in [6, 6.07) is 0. The molecule has 0 atom stereocenters. The number of carbonyl (C=O) groups is 1. The Bertz CT molecular complexity index is 275. The van der Waals surface area contributed by atoms with Gasteiger partial charge in [0, 0.05) is 10.1 Å². The summed E-state index contributed by atoms with van der Waals surface area (Å²) in [5.74, 6) is 0.702. The van der Waals surface area contributed by atoms with Gasteiger partial charge >= 0.3 is 0 Å². The molecule has 0 aliphatic carbocycles. The van der Waals surface area contributed by atoms with Crippen LogP contribution in [0.1, 0.15) is 20.3 Å². The lowest BCUT2D eigenvalue weighted by atomic mass is 10.2. The van der Waals surface area contributed by atoms with Crippen LogP contribution in [0.5, 0.6) is 0 Å². The zero-order valence-electron chi connectivity index (χ0n) is 8.71. The van der Waals surface area contributed by atoms with Crippen molar-refractivity contribution in [3.05, 3.63) is 34.0 Å². The Balaban J connectivity index is 4.90. The molecule has 0 aromatic carbocycles. The lowest BCUT2D eigenvalue weighted by Gasteiger charge is -2.02. The molecule has 0 spiro atoms. The van der Waals surface area contributed by atoms with Gasteiger partial charge in [0.2, 0.25) is 0 Å². The monoisotopic (exact) mass is 258 g/mol. The van der Waals surface area contributed by atoms with Crippen molar-refractivity contribution in [2.45, 2.75) is 20.3 Å². The van der Waals surface area contributed by atoms with Crippen molar-refractivity contribution in [2.24, 2.45) is 0 Å². The Morgan fingerprint density at radius 2 is 2.14 bits per heavy atom. The maximum Gasteiger partial charge on any atom is 0.151 e. The summed E-state index contributed by atoms with van der Waals surface area (Å²) in [7, 11) is 1.59. The molecule has 78 valence electrons. The Hall–Kier alpha value is -0.830. The Labute approximate surface area is 93.5 Å². The first-order valence-corrected chi connectivity index (χ1v) is 5.22. The molecule has 0 amide bonds. The van der Waals surface area contributed by atoms with E-state index in [1.54, 1.807) is 13.2 Å². The van der Waals surface area contributed by atoms with Crippen molar-refractivity contribution < 1.29 is 9.53 Å². The van der Waals surface area contributed by atoms with Gasteiger partial charge in [-0.15, -0.1) is 0 Å². The lowest BCUT2D eigenvalue weighted by Crippen LogP contribution is -1.89. The molecule has 14 heavy (non-hydrogen) atoms. The molecule has 3 heteroatoms. The number of methoxy groups -OCH3 is 1. The number of rotatable bonds is 5. The molecule has 0 unspecified atom stereocenters. The fourth-order valence-corrected chi connectivity index (χ4v) is 1.09. The van der Waals surface area contributed by atoms with E-state index >= 15 is 0 Å². The van der Waals surface area contributed by atoms with Crippen LogP contribution in [0.15, 0.2) is 34.0 Å². The van der Waals surface area contributed by atoms with E-state index in [0.717, 1.165) is 17.2 Å². The Morgan fingerprint density at radius 1 is 1.50 bits per heavy atom. The van der Waals surface area contributed by atoms with Gasteiger partial charge in [-0.25, -0.2) is 0 Å². The molecular formula is C11H15BrO2. The third kappa shape index (κ3) is 4.42. The van der Waals surface area contributed by atoms with E-state index in [0.29, 0.717) is 11.3 Å². The van der Waals surface area contributed by atoms with Gasteiger partial charge in [0.25, 0.3) is 0 Å². The summed E-state index contributed by atoms with van der Waals surface area (Å²) in [6.07, 6.45) is 7.12. The van der Waals surface area contributed by atoms with Gasteiger partial charge in [0.05, 0.1) is 7.11 Å². The van der Waals surface area contributed by atoms with Crippen molar-refractivity contribution in [3.63, 3.8) is 0 Å². The van der Waals surface area contributed by atoms with E-state index < -0.39 is 0 Å². The molecule has 0 fully saturated rings. The summed E-state index contributed by atoms with van der Waals surface area (Å²) < 4.78 is 5.87. The van der Waals surface area contributed by atoms with Gasteiger partial charge in [-0.2, -0.15) is 0 Å². The van der Waals surface area contributed by atoms with Crippen molar-refractivity contribution in [3.8, 4) is 0 Å². The van der Waals surface area contributed by atoms with E-state index in [2.05, 4.69) is 15.9 Å². The fourth-order valence-electron chi connectivity index (χ4n) is 0.882. The third-order valence-electron chi connectivity index (χ3n) is 1.59. The molecule has 0 rings (SSSR count). The quantitative estimate of drug-likeness (QED) is 0.327. The molecule has 0 aromatic heterocycles. The summed E-state index contributed by atoms with van der Waals surface area (Å²) in [6.45, 7) is 3.87. The topological polar surface area (TPSA) is 26.3 Å². The number of carbonyl (C=O) groups excluding carboxylic acids is 1. The van der Waals surface area contributed by atoms with Crippen LogP contribution in [0.25, 0.3) is 0 Å². The van der Waals surface area contributed by atoms with Crippen molar-refractivity contribution in [1.82, 2.24) is 0 Å². The number of hydrogen-bond donors (Lipinski definition) is 0. The number of ether oxygens (including phenoxy) is 1. The van der Waals surface area contributed by atoms with Crippen LogP contribution in [0, 0.1) is 0 Å². The summed E-state index contributed by atoms with van der Waals surface area (Å²) >= 11 is 3.29. The standard InChI is InChI=1S/C11H15BrO2/c1-4-6-10(14-3)7-9(8-13)11(12)5-2/h5-8H,4H2,1-3H3/b9-7-,10-6-,11-5+. The predicted molar refractivity (Wildman–Crippen MR) is 62.2 cm³/mol. The second-order valence-electron chi connectivity index (χ2n) is 2.57. The molecule has 0 heterocycles. The first-order valence-electron chi connectivity index (χ1n) is 4.42. The van der Waals surface area contributed by atoms with Crippen molar-refractivity contribution in [1.29, 1.82) is 0 Å². The summed E-state index contributed by atoms with van der Waals surface area (Å²) in [5.41, 5.74) is 0.578. The third-order valence-corrected chi connectivity index (χ3v) is 2.51. The van der Waals surface area contributed by atoms with Gasteiger partial charge in [0.1, 0.15) is 5.76 Å². The van der Waals surface area contributed by atoms with Crippen LogP contribution in [0.2, 0.25) is 0 Å². The molecule has 0 bridgehead atoms. The first-order chi connectivity index (χ1) is 6.69. The summed E-state index contributed by atoms with van der Waals surface area (Å²) in [5, 5.41) is 0. The molecule has 0 aliphatic rings. The lowest BCUT2D eigenvalue weighted by molar-refractivity contribution is -0.104. The highest BCUT2D eigenvalue weighted by atomic mass is 79.9. The normalized spacial score (nSPS) is 14.1. The Kier molecular flexibility index (Phi) is 7.11. The highest BCUT2D eigenvalue weighted by molar-refractivity contribution is 9.12. The maximum absolute atomic E-state index is 10.7. The zero-order chi connectivity index (χ0) is 11.0.